The van der Waals surface area contributed by atoms with E-state index < -0.39 is 0 Å². The van der Waals surface area contributed by atoms with Crippen LogP contribution in [0.5, 0.6) is 0 Å². The molecule has 24 heavy (non-hydrogen) atoms. The predicted molar refractivity (Wildman–Crippen MR) is 96.3 cm³/mol. The number of ether oxygens (including phenoxy) is 1. The highest BCUT2D eigenvalue weighted by Gasteiger charge is 2.55. The minimum atomic E-state index is 0.136. The topological polar surface area (TPSA) is 26.3 Å². The van der Waals surface area contributed by atoms with Crippen molar-refractivity contribution in [2.24, 2.45) is 29.1 Å². The molecule has 0 aromatic carbocycles. The molecule has 0 N–H and O–H groups in total. The van der Waals surface area contributed by atoms with Gasteiger partial charge in [0.05, 0.1) is 13.0 Å². The molecule has 4 rings (SSSR count). The summed E-state index contributed by atoms with van der Waals surface area (Å²) in [6.45, 7) is 9.32. The first-order chi connectivity index (χ1) is 11.6. The van der Waals surface area contributed by atoms with Crippen LogP contribution in [0, 0.1) is 29.1 Å². The van der Waals surface area contributed by atoms with E-state index in [1.54, 1.807) is 0 Å². The van der Waals surface area contributed by atoms with Crippen molar-refractivity contribution in [3.63, 3.8) is 0 Å². The van der Waals surface area contributed by atoms with Gasteiger partial charge < -0.3 is 4.74 Å². The molecular formula is C22H30O2. The molecule has 130 valence electrons. The summed E-state index contributed by atoms with van der Waals surface area (Å²) in [4.78, 5) is 12.9. The summed E-state index contributed by atoms with van der Waals surface area (Å²) in [5, 5.41) is 0. The van der Waals surface area contributed by atoms with E-state index in [4.69, 9.17) is 4.74 Å². The normalized spacial score (nSPS) is 41.1. The molecule has 0 aromatic rings. The van der Waals surface area contributed by atoms with Gasteiger partial charge in [-0.3, -0.25) is 4.79 Å². The Labute approximate surface area is 146 Å². The molecule has 0 saturated heterocycles. The van der Waals surface area contributed by atoms with Crippen LogP contribution >= 0.6 is 0 Å². The lowest BCUT2D eigenvalue weighted by molar-refractivity contribution is -0.126. The SMILES string of the molecule is C=C1C[C@H]2[C@@H]3CC=C4C=C(OCC)CC(=O)[C@@H]4[C@H]3CC[C@]2(CC)C1. The molecule has 2 fully saturated rings. The van der Waals surface area contributed by atoms with E-state index in [-0.39, 0.29) is 5.92 Å². The van der Waals surface area contributed by atoms with Gasteiger partial charge >= 0.3 is 0 Å². The van der Waals surface area contributed by atoms with Crippen LogP contribution in [0.15, 0.2) is 35.6 Å². The number of hydrogen-bond acceptors (Lipinski definition) is 2. The smallest absolute Gasteiger partial charge is 0.148 e. The second kappa shape index (κ2) is 5.89. The molecule has 0 aliphatic heterocycles. The maximum Gasteiger partial charge on any atom is 0.148 e. The Morgan fingerprint density at radius 2 is 2.17 bits per heavy atom. The van der Waals surface area contributed by atoms with Crippen LogP contribution < -0.4 is 0 Å². The van der Waals surface area contributed by atoms with E-state index >= 15 is 0 Å². The van der Waals surface area contributed by atoms with Crippen molar-refractivity contribution in [1.82, 2.24) is 0 Å². The van der Waals surface area contributed by atoms with Crippen LogP contribution in [0.2, 0.25) is 0 Å². The van der Waals surface area contributed by atoms with Gasteiger partial charge in [-0.2, -0.15) is 0 Å². The first-order valence-electron chi connectivity index (χ1n) is 9.80. The first kappa shape index (κ1) is 16.2. The molecule has 0 amide bonds. The van der Waals surface area contributed by atoms with E-state index in [0.29, 0.717) is 36.1 Å². The van der Waals surface area contributed by atoms with Crippen LogP contribution in [0.25, 0.3) is 0 Å². The molecule has 0 bridgehead atoms. The molecule has 0 heterocycles. The molecule has 0 radical (unpaired) electrons. The molecule has 2 saturated carbocycles. The monoisotopic (exact) mass is 326 g/mol. The van der Waals surface area contributed by atoms with Gasteiger partial charge in [0.2, 0.25) is 0 Å². The third-order valence-electron chi connectivity index (χ3n) is 7.41. The van der Waals surface area contributed by atoms with Crippen LogP contribution in [0.3, 0.4) is 0 Å². The number of Topliss-reactive ketones (excluding diaryl/α,β-unsaturated/α-hetero) is 1. The van der Waals surface area contributed by atoms with Gasteiger partial charge in [0.1, 0.15) is 11.5 Å². The summed E-state index contributed by atoms with van der Waals surface area (Å²) < 4.78 is 5.64. The third kappa shape index (κ3) is 2.33. The number of carbonyl (C=O) groups is 1. The van der Waals surface area contributed by atoms with Crippen LogP contribution in [0.4, 0.5) is 0 Å². The predicted octanol–water partition coefficient (Wildman–Crippen LogP) is 5.21. The third-order valence-corrected chi connectivity index (χ3v) is 7.41. The lowest BCUT2D eigenvalue weighted by atomic mass is 9.52. The minimum absolute atomic E-state index is 0.136. The van der Waals surface area contributed by atoms with E-state index in [2.05, 4.69) is 25.7 Å². The van der Waals surface area contributed by atoms with Crippen LogP contribution in [-0.2, 0) is 9.53 Å². The Hall–Kier alpha value is -1.31. The highest BCUT2D eigenvalue weighted by Crippen LogP contribution is 2.63. The van der Waals surface area contributed by atoms with Gasteiger partial charge in [0.15, 0.2) is 0 Å². The second-order valence-corrected chi connectivity index (χ2v) is 8.42. The quantitative estimate of drug-likeness (QED) is 0.665. The van der Waals surface area contributed by atoms with Crippen LogP contribution in [-0.4, -0.2) is 12.4 Å². The molecule has 4 aliphatic rings. The molecule has 4 aliphatic carbocycles. The number of rotatable bonds is 3. The van der Waals surface area contributed by atoms with Crippen molar-refractivity contribution >= 4 is 5.78 Å². The van der Waals surface area contributed by atoms with E-state index in [9.17, 15) is 4.79 Å². The second-order valence-electron chi connectivity index (χ2n) is 8.42. The lowest BCUT2D eigenvalue weighted by Crippen LogP contribution is -2.46. The number of carbonyl (C=O) groups excluding carboxylic acids is 1. The fourth-order valence-electron chi connectivity index (χ4n) is 6.41. The van der Waals surface area contributed by atoms with Crippen molar-refractivity contribution in [2.45, 2.75) is 58.8 Å². The standard InChI is InChI=1S/C22H30O2/c1-4-22-9-8-18-17(19(22)10-14(3)13-22)7-6-15-11-16(24-5-2)12-20(23)21(15)18/h6,11,17-19,21H,3-5,7-10,12-13H2,1-2H3/t17-,18+,19+,21+,22-/m1/s1. The highest BCUT2D eigenvalue weighted by molar-refractivity contribution is 5.88. The Morgan fingerprint density at radius 1 is 1.33 bits per heavy atom. The number of allylic oxidation sites excluding steroid dienone is 5. The molecule has 2 nitrogen and oxygen atoms in total. The van der Waals surface area contributed by atoms with Crippen molar-refractivity contribution in [3.8, 4) is 0 Å². The number of hydrogen-bond donors (Lipinski definition) is 0. The first-order valence-corrected chi connectivity index (χ1v) is 9.80. The van der Waals surface area contributed by atoms with Gasteiger partial charge in [-0.05, 0) is 80.3 Å². The summed E-state index contributed by atoms with van der Waals surface area (Å²) >= 11 is 0. The molecule has 0 unspecified atom stereocenters. The minimum Gasteiger partial charge on any atom is -0.498 e. The molecule has 0 spiro atoms. The number of ketones is 1. The van der Waals surface area contributed by atoms with Gasteiger partial charge in [0, 0.05) is 5.92 Å². The highest BCUT2D eigenvalue weighted by atomic mass is 16.5. The molecular weight excluding hydrogens is 296 g/mol. The van der Waals surface area contributed by atoms with Crippen molar-refractivity contribution in [1.29, 1.82) is 0 Å². The molecule has 2 heteroatoms. The zero-order chi connectivity index (χ0) is 16.9. The Morgan fingerprint density at radius 3 is 2.92 bits per heavy atom. The Balaban J connectivity index is 1.66. The van der Waals surface area contributed by atoms with Gasteiger partial charge in [-0.1, -0.05) is 25.2 Å². The van der Waals surface area contributed by atoms with Crippen molar-refractivity contribution in [2.75, 3.05) is 6.61 Å². The van der Waals surface area contributed by atoms with Gasteiger partial charge in [0.25, 0.3) is 0 Å². The summed E-state index contributed by atoms with van der Waals surface area (Å²) in [7, 11) is 0. The van der Waals surface area contributed by atoms with Crippen molar-refractivity contribution in [3.05, 3.63) is 35.6 Å². The zero-order valence-electron chi connectivity index (χ0n) is 15.1. The van der Waals surface area contributed by atoms with E-state index in [1.165, 1.54) is 43.3 Å². The Bertz CT molecular complexity index is 626. The average molecular weight is 326 g/mol. The summed E-state index contributed by atoms with van der Waals surface area (Å²) in [6.07, 6.45) is 12.3. The Kier molecular flexibility index (Phi) is 3.97. The molecule has 0 aromatic heterocycles. The van der Waals surface area contributed by atoms with Crippen LogP contribution in [0.1, 0.15) is 58.8 Å². The van der Waals surface area contributed by atoms with Gasteiger partial charge in [-0.15, -0.1) is 0 Å². The maximum atomic E-state index is 12.9. The fraction of sp³-hybridized carbons (Fsp3) is 0.682. The summed E-state index contributed by atoms with van der Waals surface area (Å²) in [5.41, 5.74) is 3.18. The van der Waals surface area contributed by atoms with Gasteiger partial charge in [-0.25, -0.2) is 0 Å². The largest absolute Gasteiger partial charge is 0.498 e. The summed E-state index contributed by atoms with van der Waals surface area (Å²) in [5.74, 6) is 3.37. The summed E-state index contributed by atoms with van der Waals surface area (Å²) in [6, 6.07) is 0. The fourth-order valence-corrected chi connectivity index (χ4v) is 6.41. The average Bonchev–Trinajstić information content (AvgIpc) is 2.91. The van der Waals surface area contributed by atoms with Crippen molar-refractivity contribution < 1.29 is 9.53 Å². The lowest BCUT2D eigenvalue weighted by Gasteiger charge is -2.52. The maximum absolute atomic E-state index is 12.9. The van der Waals surface area contributed by atoms with E-state index in [0.717, 1.165) is 18.1 Å². The molecule has 5 atom stereocenters. The van der Waals surface area contributed by atoms with E-state index in [1.807, 2.05) is 6.92 Å². The number of fused-ring (bicyclic) bond motifs is 5. The zero-order valence-corrected chi connectivity index (χ0v) is 15.1.